The van der Waals surface area contributed by atoms with Gasteiger partial charge in [0.15, 0.2) is 5.96 Å². The number of nitrogens with zero attached hydrogens (tertiary/aromatic N) is 3. The van der Waals surface area contributed by atoms with Gasteiger partial charge in [-0.05, 0) is 31.1 Å². The molecule has 1 aromatic heterocycles. The molecule has 1 fully saturated rings. The minimum absolute atomic E-state index is 0.362. The van der Waals surface area contributed by atoms with Gasteiger partial charge in [-0.15, -0.1) is 0 Å². The first-order chi connectivity index (χ1) is 11.4. The Kier molecular flexibility index (Phi) is 5.05. The van der Waals surface area contributed by atoms with Crippen LogP contribution in [-0.4, -0.2) is 17.0 Å². The molecule has 0 saturated heterocycles. The molecule has 2 N–H and O–H groups in total. The van der Waals surface area contributed by atoms with E-state index in [2.05, 4.69) is 21.7 Å². The van der Waals surface area contributed by atoms with Gasteiger partial charge in [-0.25, -0.2) is 4.99 Å². The van der Waals surface area contributed by atoms with E-state index in [4.69, 9.17) is 4.99 Å². The van der Waals surface area contributed by atoms with Crippen molar-refractivity contribution >= 4 is 11.5 Å². The fraction of sp³-hybridized carbons (Fsp3) is 0.389. The normalized spacial score (nSPS) is 22.7. The highest BCUT2D eigenvalue weighted by Crippen LogP contribution is 2.20. The summed E-state index contributed by atoms with van der Waals surface area (Å²) in [6.45, 7) is 0. The van der Waals surface area contributed by atoms with Gasteiger partial charge < -0.3 is 10.6 Å². The molecule has 0 bridgehead atoms. The maximum Gasteiger partial charge on any atom is 0.200 e. The minimum atomic E-state index is 0.362. The molecule has 1 aliphatic carbocycles. The van der Waals surface area contributed by atoms with Crippen LogP contribution in [0.4, 0.5) is 0 Å². The largest absolute Gasteiger partial charge is 0.333 e. The smallest absolute Gasteiger partial charge is 0.200 e. The number of aliphatic imine (C=N–C) groups is 1. The number of allylic oxidation sites excluding steroid dienone is 2. The van der Waals surface area contributed by atoms with Crippen molar-refractivity contribution in [2.24, 2.45) is 4.99 Å². The zero-order valence-electron chi connectivity index (χ0n) is 13.1. The lowest BCUT2D eigenvalue weighted by atomic mass is 10.1. The summed E-state index contributed by atoms with van der Waals surface area (Å²) in [5.74, 6) is 0.720. The first kappa shape index (κ1) is 15.3. The second kappa shape index (κ2) is 7.59. The van der Waals surface area contributed by atoms with Crippen LogP contribution >= 0.6 is 0 Å². The Labute approximate surface area is 136 Å². The number of pyridine rings is 1. The molecule has 3 rings (SSSR count). The molecule has 0 unspecified atom stereocenters. The molecule has 1 aliphatic heterocycles. The SMILES string of the molecule is N#CC(=C1C=CNC(=NC2CCCCCC2)N1)c1ccccn1. The summed E-state index contributed by atoms with van der Waals surface area (Å²) in [6, 6.07) is 8.16. The molecule has 0 spiro atoms. The van der Waals surface area contributed by atoms with Crippen LogP contribution < -0.4 is 10.6 Å². The number of hydrogen-bond donors (Lipinski definition) is 2. The number of nitrogens with one attached hydrogen (secondary N) is 2. The summed E-state index contributed by atoms with van der Waals surface area (Å²) in [5, 5.41) is 15.9. The first-order valence-electron chi connectivity index (χ1n) is 8.20. The molecule has 0 atom stereocenters. The minimum Gasteiger partial charge on any atom is -0.333 e. The van der Waals surface area contributed by atoms with E-state index >= 15 is 0 Å². The van der Waals surface area contributed by atoms with E-state index in [1.165, 1.54) is 25.7 Å². The molecule has 0 amide bonds. The fourth-order valence-electron chi connectivity index (χ4n) is 2.96. The average Bonchev–Trinajstić information content (AvgIpc) is 2.86. The predicted molar refractivity (Wildman–Crippen MR) is 91.1 cm³/mol. The Balaban J connectivity index is 1.82. The lowest BCUT2D eigenvalue weighted by molar-refractivity contribution is 0.581. The van der Waals surface area contributed by atoms with Crippen LogP contribution in [0.5, 0.6) is 0 Å². The highest BCUT2D eigenvalue weighted by Gasteiger charge is 2.16. The van der Waals surface area contributed by atoms with Gasteiger partial charge in [0.25, 0.3) is 0 Å². The Morgan fingerprint density at radius 1 is 1.22 bits per heavy atom. The number of rotatable bonds is 2. The lowest BCUT2D eigenvalue weighted by Crippen LogP contribution is -2.38. The number of aromatic nitrogens is 1. The van der Waals surface area contributed by atoms with E-state index < -0.39 is 0 Å². The summed E-state index contributed by atoms with van der Waals surface area (Å²) in [4.78, 5) is 9.06. The molecular formula is C18H21N5. The summed E-state index contributed by atoms with van der Waals surface area (Å²) >= 11 is 0. The first-order valence-corrected chi connectivity index (χ1v) is 8.20. The van der Waals surface area contributed by atoms with E-state index in [1.54, 1.807) is 6.20 Å². The third-order valence-corrected chi connectivity index (χ3v) is 4.16. The molecule has 1 aromatic rings. The highest BCUT2D eigenvalue weighted by molar-refractivity contribution is 5.89. The van der Waals surface area contributed by atoms with Crippen molar-refractivity contribution in [1.82, 2.24) is 15.6 Å². The molecular weight excluding hydrogens is 286 g/mol. The van der Waals surface area contributed by atoms with Gasteiger partial charge in [-0.3, -0.25) is 4.98 Å². The van der Waals surface area contributed by atoms with Crippen LogP contribution in [0.3, 0.4) is 0 Å². The van der Waals surface area contributed by atoms with Crippen LogP contribution in [0.15, 0.2) is 47.4 Å². The maximum absolute atomic E-state index is 9.49. The number of guanidine groups is 1. The van der Waals surface area contributed by atoms with Crippen LogP contribution in [0.2, 0.25) is 0 Å². The predicted octanol–water partition coefficient (Wildman–Crippen LogP) is 3.10. The zero-order chi connectivity index (χ0) is 15.9. The van der Waals surface area contributed by atoms with Gasteiger partial charge in [0, 0.05) is 12.4 Å². The maximum atomic E-state index is 9.49. The highest BCUT2D eigenvalue weighted by atomic mass is 15.2. The quantitative estimate of drug-likeness (QED) is 0.650. The van der Waals surface area contributed by atoms with Crippen molar-refractivity contribution in [2.75, 3.05) is 0 Å². The van der Waals surface area contributed by atoms with Crippen LogP contribution in [0, 0.1) is 11.3 Å². The number of hydrogen-bond acceptors (Lipinski definition) is 3. The Morgan fingerprint density at radius 3 is 2.74 bits per heavy atom. The summed E-state index contributed by atoms with van der Waals surface area (Å²) in [5.41, 5.74) is 1.92. The van der Waals surface area contributed by atoms with E-state index in [9.17, 15) is 5.26 Å². The summed E-state index contributed by atoms with van der Waals surface area (Å²) in [7, 11) is 0. The molecule has 23 heavy (non-hydrogen) atoms. The molecule has 5 heteroatoms. The number of nitriles is 1. The lowest BCUT2D eigenvalue weighted by Gasteiger charge is -2.19. The molecule has 2 heterocycles. The third-order valence-electron chi connectivity index (χ3n) is 4.16. The van der Waals surface area contributed by atoms with E-state index in [0.29, 0.717) is 17.3 Å². The standard InChI is InChI=1S/C18H21N5/c19-13-15(16-9-5-6-11-20-16)17-10-12-21-18(23-17)22-14-7-3-1-2-4-8-14/h5-6,9-12,14H,1-4,7-8H2,(H2,21,22,23). The van der Waals surface area contributed by atoms with Gasteiger partial charge in [-0.2, -0.15) is 5.26 Å². The molecule has 118 valence electrons. The summed E-state index contributed by atoms with van der Waals surface area (Å²) < 4.78 is 0. The molecule has 1 saturated carbocycles. The van der Waals surface area contributed by atoms with Crippen molar-refractivity contribution in [2.45, 2.75) is 44.6 Å². The average molecular weight is 307 g/mol. The zero-order valence-corrected chi connectivity index (χ0v) is 13.1. The summed E-state index contributed by atoms with van der Waals surface area (Å²) in [6.07, 6.45) is 12.8. The molecule has 0 aromatic carbocycles. The van der Waals surface area contributed by atoms with Crippen LogP contribution in [0.1, 0.15) is 44.2 Å². The van der Waals surface area contributed by atoms with Crippen molar-refractivity contribution in [1.29, 1.82) is 5.26 Å². The van der Waals surface area contributed by atoms with Gasteiger partial charge in [0.2, 0.25) is 0 Å². The third kappa shape index (κ3) is 3.98. The molecule has 5 nitrogen and oxygen atoms in total. The topological polar surface area (TPSA) is 73.1 Å². The van der Waals surface area contributed by atoms with Crippen molar-refractivity contribution < 1.29 is 0 Å². The Bertz CT molecular complexity index is 658. The second-order valence-corrected chi connectivity index (χ2v) is 5.84. The fourth-order valence-corrected chi connectivity index (χ4v) is 2.96. The van der Waals surface area contributed by atoms with E-state index in [-0.39, 0.29) is 0 Å². The van der Waals surface area contributed by atoms with Crippen molar-refractivity contribution in [3.8, 4) is 6.07 Å². The van der Waals surface area contributed by atoms with E-state index in [1.807, 2.05) is 30.5 Å². The Hall–Kier alpha value is -2.61. The van der Waals surface area contributed by atoms with Crippen LogP contribution in [-0.2, 0) is 0 Å². The molecule has 0 radical (unpaired) electrons. The monoisotopic (exact) mass is 307 g/mol. The van der Waals surface area contributed by atoms with Crippen molar-refractivity contribution in [3.63, 3.8) is 0 Å². The van der Waals surface area contributed by atoms with Crippen LogP contribution in [0.25, 0.3) is 5.57 Å². The molecule has 2 aliphatic rings. The second-order valence-electron chi connectivity index (χ2n) is 5.84. The Morgan fingerprint density at radius 2 is 2.04 bits per heavy atom. The van der Waals surface area contributed by atoms with E-state index in [0.717, 1.165) is 24.5 Å². The van der Waals surface area contributed by atoms with Gasteiger partial charge in [0.1, 0.15) is 11.6 Å². The van der Waals surface area contributed by atoms with Gasteiger partial charge >= 0.3 is 0 Å². The van der Waals surface area contributed by atoms with Gasteiger partial charge in [0.05, 0.1) is 17.4 Å². The van der Waals surface area contributed by atoms with Gasteiger partial charge in [-0.1, -0.05) is 31.7 Å². The van der Waals surface area contributed by atoms with Crippen molar-refractivity contribution in [3.05, 3.63) is 48.1 Å².